The van der Waals surface area contributed by atoms with Crippen LogP contribution in [0.5, 0.6) is 0 Å². The molecule has 6 N–H and O–H groups in total. The van der Waals surface area contributed by atoms with Gasteiger partial charge < -0.3 is 45.1 Å². The zero-order valence-corrected chi connectivity index (χ0v) is 59.6. The molecule has 534 valence electrons. The summed E-state index contributed by atoms with van der Waals surface area (Å²) < 4.78 is 16.7. The van der Waals surface area contributed by atoms with Gasteiger partial charge in [0.15, 0.2) is 6.29 Å². The third-order valence-corrected chi connectivity index (χ3v) is 18.7. The summed E-state index contributed by atoms with van der Waals surface area (Å²) in [5.41, 5.74) is 0. The van der Waals surface area contributed by atoms with Crippen molar-refractivity contribution in [1.29, 1.82) is 0 Å². The Kier molecular flexibility index (Phi) is 65.7. The predicted octanol–water partition coefficient (Wildman–Crippen LogP) is 21.1. The van der Waals surface area contributed by atoms with Crippen LogP contribution >= 0.6 is 0 Å². The quantitative estimate of drug-likeness (QED) is 0.0195. The molecule has 0 aromatic carbocycles. The number of aliphatic hydroxyl groups is 5. The molecule has 0 aliphatic carbocycles. The number of allylic oxidation sites excluding steroid dienone is 7. The molecule has 1 aliphatic heterocycles. The normalized spacial score (nSPS) is 17.8. The van der Waals surface area contributed by atoms with Crippen molar-refractivity contribution in [2.24, 2.45) is 0 Å². The number of nitrogens with one attached hydrogen (secondary N) is 1. The van der Waals surface area contributed by atoms with Crippen molar-refractivity contribution < 1.29 is 49.3 Å². The average molecular weight is 1290 g/mol. The van der Waals surface area contributed by atoms with E-state index >= 15 is 0 Å². The molecular weight excluding hydrogens is 1130 g/mol. The summed E-state index contributed by atoms with van der Waals surface area (Å²) in [4.78, 5) is 25.1. The van der Waals surface area contributed by atoms with E-state index in [0.29, 0.717) is 19.4 Å². The molecule has 0 aromatic heterocycles. The maximum absolute atomic E-state index is 13.1. The first-order valence-corrected chi connectivity index (χ1v) is 39.4. The van der Waals surface area contributed by atoms with E-state index in [-0.39, 0.29) is 18.5 Å². The molecule has 1 fully saturated rings. The lowest BCUT2D eigenvalue weighted by atomic mass is 9.99. The zero-order chi connectivity index (χ0) is 65.8. The van der Waals surface area contributed by atoms with E-state index in [4.69, 9.17) is 14.2 Å². The van der Waals surface area contributed by atoms with Crippen molar-refractivity contribution in [3.05, 3.63) is 48.6 Å². The van der Waals surface area contributed by atoms with Crippen molar-refractivity contribution in [3.63, 3.8) is 0 Å². The Morgan fingerprint density at radius 2 is 0.736 bits per heavy atom. The fraction of sp³-hybridized carbons (Fsp3) is 0.875. The number of hydrogen-bond donors (Lipinski definition) is 6. The number of ether oxygens (including phenoxy) is 3. The Balaban J connectivity index is 1.89. The monoisotopic (exact) mass is 1280 g/mol. The van der Waals surface area contributed by atoms with Gasteiger partial charge in [0, 0.05) is 12.8 Å². The van der Waals surface area contributed by atoms with E-state index in [9.17, 15) is 35.1 Å². The Bertz CT molecular complexity index is 1650. The van der Waals surface area contributed by atoms with Crippen molar-refractivity contribution in [2.45, 2.75) is 429 Å². The Morgan fingerprint density at radius 1 is 0.407 bits per heavy atom. The van der Waals surface area contributed by atoms with E-state index < -0.39 is 49.5 Å². The van der Waals surface area contributed by atoms with Gasteiger partial charge in [0.1, 0.15) is 24.4 Å². The summed E-state index contributed by atoms with van der Waals surface area (Å²) in [5, 5.41) is 54.5. The zero-order valence-electron chi connectivity index (χ0n) is 59.6. The van der Waals surface area contributed by atoms with Crippen LogP contribution in [0.15, 0.2) is 48.6 Å². The second kappa shape index (κ2) is 69.0. The van der Waals surface area contributed by atoms with Crippen LogP contribution in [0.2, 0.25) is 0 Å². The van der Waals surface area contributed by atoms with Crippen LogP contribution < -0.4 is 5.32 Å². The minimum absolute atomic E-state index is 0.00554. The molecule has 91 heavy (non-hydrogen) atoms. The van der Waals surface area contributed by atoms with Crippen molar-refractivity contribution in [3.8, 4) is 0 Å². The van der Waals surface area contributed by atoms with Gasteiger partial charge in [0.05, 0.1) is 32.0 Å². The third kappa shape index (κ3) is 57.6. The first-order valence-electron chi connectivity index (χ1n) is 39.4. The summed E-state index contributed by atoms with van der Waals surface area (Å²) in [5.74, 6) is -0.172. The SMILES string of the molecule is CCCCCC/C=C\CCCCCCCC(=O)OCCCCCCCCCCCCCCCCC/C=C\C/C=C\CCCCCCCCCCCCCCCCCCCC(=O)NC(COC1OC(CO)C(O)C(O)C1O)C(O)/C=C/CCCCCCCCCCC. The molecule has 7 atom stereocenters. The maximum atomic E-state index is 13.1. The second-order valence-corrected chi connectivity index (χ2v) is 27.4. The highest BCUT2D eigenvalue weighted by molar-refractivity contribution is 5.76. The number of carbonyl (C=O) groups is 2. The molecule has 1 amide bonds. The Morgan fingerprint density at radius 3 is 1.13 bits per heavy atom. The average Bonchev–Trinajstić information content (AvgIpc) is 1.26. The molecule has 0 saturated carbocycles. The van der Waals surface area contributed by atoms with Crippen LogP contribution in [-0.4, -0.2) is 100 Å². The molecule has 1 saturated heterocycles. The fourth-order valence-electron chi connectivity index (χ4n) is 12.5. The summed E-state index contributed by atoms with van der Waals surface area (Å²) in [7, 11) is 0. The van der Waals surface area contributed by atoms with Gasteiger partial charge in [-0.25, -0.2) is 0 Å². The van der Waals surface area contributed by atoms with Gasteiger partial charge in [-0.1, -0.05) is 332 Å². The van der Waals surface area contributed by atoms with Crippen LogP contribution in [0, 0.1) is 0 Å². The number of carbonyl (C=O) groups excluding carboxylic acids is 2. The summed E-state index contributed by atoms with van der Waals surface area (Å²) in [6.07, 6.45) is 81.5. The smallest absolute Gasteiger partial charge is 0.305 e. The fourth-order valence-corrected chi connectivity index (χ4v) is 12.5. The Hall–Kier alpha value is -2.38. The Labute approximate surface area is 561 Å². The van der Waals surface area contributed by atoms with Gasteiger partial charge in [-0.15, -0.1) is 0 Å². The van der Waals surface area contributed by atoms with Gasteiger partial charge in [-0.3, -0.25) is 9.59 Å². The van der Waals surface area contributed by atoms with Crippen molar-refractivity contribution in [2.75, 3.05) is 19.8 Å². The van der Waals surface area contributed by atoms with E-state index in [0.717, 1.165) is 64.2 Å². The lowest BCUT2D eigenvalue weighted by molar-refractivity contribution is -0.302. The van der Waals surface area contributed by atoms with Crippen LogP contribution in [0.25, 0.3) is 0 Å². The van der Waals surface area contributed by atoms with Crippen LogP contribution in [0.4, 0.5) is 0 Å². The molecule has 0 radical (unpaired) electrons. The number of hydrogen-bond acceptors (Lipinski definition) is 10. The summed E-state index contributed by atoms with van der Waals surface area (Å²) in [6.45, 7) is 4.36. The summed E-state index contributed by atoms with van der Waals surface area (Å²) in [6, 6.07) is -0.807. The van der Waals surface area contributed by atoms with Crippen molar-refractivity contribution >= 4 is 11.9 Å². The maximum Gasteiger partial charge on any atom is 0.305 e. The van der Waals surface area contributed by atoms with Gasteiger partial charge in [0.25, 0.3) is 0 Å². The minimum Gasteiger partial charge on any atom is -0.466 e. The van der Waals surface area contributed by atoms with E-state index in [1.807, 2.05) is 6.08 Å². The molecular formula is C80H149NO10. The lowest BCUT2D eigenvalue weighted by Gasteiger charge is -2.40. The molecule has 11 heteroatoms. The first kappa shape index (κ1) is 86.6. The molecule has 0 aromatic rings. The number of rotatable bonds is 70. The van der Waals surface area contributed by atoms with Gasteiger partial charge in [0.2, 0.25) is 5.91 Å². The van der Waals surface area contributed by atoms with E-state index in [1.54, 1.807) is 6.08 Å². The molecule has 0 bridgehead atoms. The van der Waals surface area contributed by atoms with Crippen LogP contribution in [-0.2, 0) is 23.8 Å². The lowest BCUT2D eigenvalue weighted by Crippen LogP contribution is -2.60. The number of esters is 1. The third-order valence-electron chi connectivity index (χ3n) is 18.7. The first-order chi connectivity index (χ1) is 44.7. The number of amides is 1. The van der Waals surface area contributed by atoms with E-state index in [1.165, 1.54) is 295 Å². The van der Waals surface area contributed by atoms with Gasteiger partial charge in [-0.05, 0) is 89.9 Å². The molecule has 1 heterocycles. The highest BCUT2D eigenvalue weighted by Crippen LogP contribution is 2.24. The number of aliphatic hydroxyl groups excluding tert-OH is 5. The largest absolute Gasteiger partial charge is 0.466 e. The molecule has 1 rings (SSSR count). The number of unbranched alkanes of at least 4 members (excludes halogenated alkanes) is 50. The summed E-state index contributed by atoms with van der Waals surface area (Å²) >= 11 is 0. The molecule has 7 unspecified atom stereocenters. The van der Waals surface area contributed by atoms with Gasteiger partial charge >= 0.3 is 5.97 Å². The van der Waals surface area contributed by atoms with E-state index in [2.05, 4.69) is 55.6 Å². The highest BCUT2D eigenvalue weighted by Gasteiger charge is 2.44. The second-order valence-electron chi connectivity index (χ2n) is 27.4. The topological polar surface area (TPSA) is 175 Å². The van der Waals surface area contributed by atoms with Gasteiger partial charge in [-0.2, -0.15) is 0 Å². The van der Waals surface area contributed by atoms with Crippen LogP contribution in [0.1, 0.15) is 386 Å². The highest BCUT2D eigenvalue weighted by atomic mass is 16.7. The molecule has 0 spiro atoms. The minimum atomic E-state index is -1.57. The van der Waals surface area contributed by atoms with Crippen LogP contribution in [0.3, 0.4) is 0 Å². The molecule has 1 aliphatic rings. The predicted molar refractivity (Wildman–Crippen MR) is 384 cm³/mol. The molecule has 11 nitrogen and oxygen atoms in total. The van der Waals surface area contributed by atoms with Crippen molar-refractivity contribution in [1.82, 2.24) is 5.32 Å². The standard InChI is InChI=1S/C80H149NO10/c1-3-5-7-9-11-13-15-43-48-52-56-60-64-68-76(85)89-69-65-61-57-53-49-45-42-40-38-36-34-32-30-28-26-24-22-20-18-16-17-19-21-23-25-27-29-31-33-35-37-39-41-44-47-51-55-59-63-67-75(84)81-72(71-90-80-79(88)78(87)77(86)74(70-82)91-80)73(83)66-62-58-54-50-46-14-12-10-8-6-4-2/h13,15-17,20,22,62,66,72-74,77-80,82-83,86-88H,3-12,14,18-19,21,23-61,63-65,67-71H2,1-2H3,(H,81,84)/b15-13-,17-16-,22-20-,66-62+.